The predicted molar refractivity (Wildman–Crippen MR) is 98.4 cm³/mol. The van der Waals surface area contributed by atoms with E-state index < -0.39 is 5.82 Å². The van der Waals surface area contributed by atoms with Gasteiger partial charge in [0.25, 0.3) is 5.91 Å². The summed E-state index contributed by atoms with van der Waals surface area (Å²) < 4.78 is 13.6. The quantitative estimate of drug-likeness (QED) is 0.876. The van der Waals surface area contributed by atoms with Crippen LogP contribution in [0.5, 0.6) is 5.75 Å². The lowest BCUT2D eigenvalue weighted by Gasteiger charge is -2.32. The summed E-state index contributed by atoms with van der Waals surface area (Å²) in [7, 11) is 0. The first kappa shape index (κ1) is 19.2. The second kappa shape index (κ2) is 8.32. The highest BCUT2D eigenvalue weighted by atomic mass is 35.5. The van der Waals surface area contributed by atoms with E-state index in [-0.39, 0.29) is 24.1 Å². The SMILES string of the molecule is Cl.NCC1CCCN(C(=O)c2cccc(-c3ccc(O)c(F)c3)c2)C1. The van der Waals surface area contributed by atoms with Crippen molar-refractivity contribution in [3.63, 3.8) is 0 Å². The number of phenolic OH excluding ortho intramolecular Hbond substituents is 1. The number of rotatable bonds is 3. The minimum Gasteiger partial charge on any atom is -0.505 e. The number of hydrogen-bond donors (Lipinski definition) is 2. The van der Waals surface area contributed by atoms with E-state index in [0.29, 0.717) is 30.1 Å². The van der Waals surface area contributed by atoms with Gasteiger partial charge in [0, 0.05) is 18.7 Å². The van der Waals surface area contributed by atoms with Gasteiger partial charge in [0.15, 0.2) is 11.6 Å². The number of nitrogens with two attached hydrogens (primary N) is 1. The summed E-state index contributed by atoms with van der Waals surface area (Å²) in [5.41, 5.74) is 7.69. The minimum absolute atomic E-state index is 0. The number of hydrogen-bond acceptors (Lipinski definition) is 3. The Hall–Kier alpha value is -2.11. The summed E-state index contributed by atoms with van der Waals surface area (Å²) in [6.45, 7) is 2.03. The second-order valence-electron chi connectivity index (χ2n) is 6.24. The van der Waals surface area contributed by atoms with E-state index in [1.165, 1.54) is 12.1 Å². The van der Waals surface area contributed by atoms with Crippen LogP contribution in [0.1, 0.15) is 23.2 Å². The molecule has 1 amide bonds. The number of aromatic hydroxyl groups is 1. The predicted octanol–water partition coefficient (Wildman–Crippen LogP) is 3.43. The Bertz CT molecular complexity index is 754. The molecular weight excluding hydrogens is 343 g/mol. The highest BCUT2D eigenvalue weighted by molar-refractivity contribution is 5.95. The number of nitrogens with zero attached hydrogens (tertiary/aromatic N) is 1. The van der Waals surface area contributed by atoms with E-state index in [1.807, 2.05) is 11.0 Å². The van der Waals surface area contributed by atoms with Gasteiger partial charge in [-0.1, -0.05) is 18.2 Å². The molecule has 1 unspecified atom stereocenters. The van der Waals surface area contributed by atoms with Crippen LogP contribution >= 0.6 is 12.4 Å². The highest BCUT2D eigenvalue weighted by Crippen LogP contribution is 2.26. The Morgan fingerprint density at radius 1 is 1.24 bits per heavy atom. The molecule has 1 aliphatic rings. The maximum atomic E-state index is 13.6. The van der Waals surface area contributed by atoms with Gasteiger partial charge in [-0.25, -0.2) is 4.39 Å². The van der Waals surface area contributed by atoms with Gasteiger partial charge >= 0.3 is 0 Å². The van der Waals surface area contributed by atoms with Crippen LogP contribution in [0, 0.1) is 11.7 Å². The number of phenols is 1. The molecule has 0 aromatic heterocycles. The average Bonchev–Trinajstić information content (AvgIpc) is 2.63. The molecule has 3 N–H and O–H groups in total. The van der Waals surface area contributed by atoms with E-state index in [2.05, 4.69) is 0 Å². The Balaban J connectivity index is 0.00000225. The summed E-state index contributed by atoms with van der Waals surface area (Å²) in [5, 5.41) is 9.31. The largest absolute Gasteiger partial charge is 0.505 e. The Morgan fingerprint density at radius 3 is 2.72 bits per heavy atom. The number of benzene rings is 2. The van der Waals surface area contributed by atoms with Crippen LogP contribution in [0.3, 0.4) is 0 Å². The molecule has 0 radical (unpaired) electrons. The molecule has 134 valence electrons. The summed E-state index contributed by atoms with van der Waals surface area (Å²) in [6.07, 6.45) is 2.03. The van der Waals surface area contributed by atoms with Crippen LogP contribution in [-0.4, -0.2) is 35.5 Å². The van der Waals surface area contributed by atoms with Gasteiger partial charge in [0.05, 0.1) is 0 Å². The zero-order valence-electron chi connectivity index (χ0n) is 13.8. The van der Waals surface area contributed by atoms with Gasteiger partial charge < -0.3 is 15.7 Å². The van der Waals surface area contributed by atoms with Crippen LogP contribution < -0.4 is 5.73 Å². The van der Waals surface area contributed by atoms with E-state index in [9.17, 15) is 14.3 Å². The first-order valence-corrected chi connectivity index (χ1v) is 8.17. The third-order valence-electron chi connectivity index (χ3n) is 4.53. The molecule has 1 aliphatic heterocycles. The molecule has 0 bridgehead atoms. The van der Waals surface area contributed by atoms with E-state index in [4.69, 9.17) is 5.73 Å². The first-order valence-electron chi connectivity index (χ1n) is 8.17. The molecule has 1 fully saturated rings. The molecule has 0 aliphatic carbocycles. The van der Waals surface area contributed by atoms with Crippen molar-refractivity contribution in [1.82, 2.24) is 4.90 Å². The molecule has 1 saturated heterocycles. The summed E-state index contributed by atoms with van der Waals surface area (Å²) in [4.78, 5) is 14.6. The number of carbonyl (C=O) groups excluding carboxylic acids is 1. The lowest BCUT2D eigenvalue weighted by atomic mass is 9.97. The molecule has 4 nitrogen and oxygen atoms in total. The number of halogens is 2. The van der Waals surface area contributed by atoms with Crippen molar-refractivity contribution in [3.05, 3.63) is 53.8 Å². The second-order valence-corrected chi connectivity index (χ2v) is 6.24. The van der Waals surface area contributed by atoms with Crippen LogP contribution in [0.15, 0.2) is 42.5 Å². The number of amides is 1. The molecule has 25 heavy (non-hydrogen) atoms. The fourth-order valence-corrected chi connectivity index (χ4v) is 3.14. The third kappa shape index (κ3) is 4.30. The maximum absolute atomic E-state index is 13.6. The number of likely N-dealkylation sites (tertiary alicyclic amines) is 1. The van der Waals surface area contributed by atoms with Crippen molar-refractivity contribution >= 4 is 18.3 Å². The molecule has 0 saturated carbocycles. The van der Waals surface area contributed by atoms with Gasteiger partial charge in [-0.3, -0.25) is 4.79 Å². The zero-order valence-corrected chi connectivity index (χ0v) is 14.6. The van der Waals surface area contributed by atoms with Crippen molar-refractivity contribution in [2.24, 2.45) is 11.7 Å². The molecule has 2 aromatic carbocycles. The van der Waals surface area contributed by atoms with Crippen LogP contribution in [0.4, 0.5) is 4.39 Å². The highest BCUT2D eigenvalue weighted by Gasteiger charge is 2.23. The normalized spacial score (nSPS) is 17.0. The van der Waals surface area contributed by atoms with Crippen molar-refractivity contribution in [1.29, 1.82) is 0 Å². The van der Waals surface area contributed by atoms with Gasteiger partial charge in [-0.05, 0) is 60.7 Å². The lowest BCUT2D eigenvalue weighted by molar-refractivity contribution is 0.0678. The lowest BCUT2D eigenvalue weighted by Crippen LogP contribution is -2.42. The summed E-state index contributed by atoms with van der Waals surface area (Å²) >= 11 is 0. The fraction of sp³-hybridized carbons (Fsp3) is 0.316. The summed E-state index contributed by atoms with van der Waals surface area (Å²) in [5.74, 6) is -0.718. The van der Waals surface area contributed by atoms with Crippen LogP contribution in [0.25, 0.3) is 11.1 Å². The minimum atomic E-state index is -0.675. The van der Waals surface area contributed by atoms with Crippen molar-refractivity contribution in [2.75, 3.05) is 19.6 Å². The fourth-order valence-electron chi connectivity index (χ4n) is 3.14. The monoisotopic (exact) mass is 364 g/mol. The van der Waals surface area contributed by atoms with E-state index in [1.54, 1.807) is 24.3 Å². The molecule has 1 atom stereocenters. The zero-order chi connectivity index (χ0) is 17.1. The van der Waals surface area contributed by atoms with Crippen LogP contribution in [0.2, 0.25) is 0 Å². The van der Waals surface area contributed by atoms with Gasteiger partial charge in [0.2, 0.25) is 0 Å². The Morgan fingerprint density at radius 2 is 2.00 bits per heavy atom. The summed E-state index contributed by atoms with van der Waals surface area (Å²) in [6, 6.07) is 11.4. The number of carbonyl (C=O) groups is 1. The van der Waals surface area contributed by atoms with Crippen molar-refractivity contribution in [2.45, 2.75) is 12.8 Å². The van der Waals surface area contributed by atoms with Crippen LogP contribution in [-0.2, 0) is 0 Å². The average molecular weight is 365 g/mol. The van der Waals surface area contributed by atoms with Gasteiger partial charge in [-0.2, -0.15) is 0 Å². The van der Waals surface area contributed by atoms with Crippen molar-refractivity contribution in [3.8, 4) is 16.9 Å². The van der Waals surface area contributed by atoms with Gasteiger partial charge in [0.1, 0.15) is 0 Å². The first-order chi connectivity index (χ1) is 11.6. The third-order valence-corrected chi connectivity index (χ3v) is 4.53. The van der Waals surface area contributed by atoms with Gasteiger partial charge in [-0.15, -0.1) is 12.4 Å². The maximum Gasteiger partial charge on any atom is 0.253 e. The molecule has 1 heterocycles. The Kier molecular flexibility index (Phi) is 6.39. The topological polar surface area (TPSA) is 66.6 Å². The molecule has 6 heteroatoms. The number of piperidine rings is 1. The molecular formula is C19H22ClFN2O2. The van der Waals surface area contributed by atoms with Crippen molar-refractivity contribution < 1.29 is 14.3 Å². The molecule has 3 rings (SSSR count). The molecule has 2 aromatic rings. The van der Waals surface area contributed by atoms with E-state index in [0.717, 1.165) is 24.9 Å². The standard InChI is InChI=1S/C19H21FN2O2.ClH/c20-17-10-15(6-7-18(17)23)14-4-1-5-16(9-14)19(24)22-8-2-3-13(11-21)12-22;/h1,4-7,9-10,13,23H,2-3,8,11-12,21H2;1H. The van der Waals surface area contributed by atoms with E-state index >= 15 is 0 Å². The Labute approximate surface area is 152 Å². The molecule has 0 spiro atoms. The smallest absolute Gasteiger partial charge is 0.253 e.